The first-order valence-corrected chi connectivity index (χ1v) is 22.4. The van der Waals surface area contributed by atoms with E-state index in [-0.39, 0.29) is 39.6 Å². The smallest absolute Gasteiger partial charge is 0.309 e. The van der Waals surface area contributed by atoms with Gasteiger partial charge in [0.05, 0.1) is 17.9 Å². The molecule has 0 heterocycles. The summed E-state index contributed by atoms with van der Waals surface area (Å²) in [6, 6.07) is 8.19. The van der Waals surface area contributed by atoms with Crippen molar-refractivity contribution in [2.75, 3.05) is 33.7 Å². The highest BCUT2D eigenvalue weighted by Gasteiger charge is 2.70. The lowest BCUT2D eigenvalue weighted by atomic mass is 9.33. The number of benzene rings is 1. The molecule has 1 aromatic rings. The van der Waals surface area contributed by atoms with E-state index in [2.05, 4.69) is 84.5 Å². The Balaban J connectivity index is 1.26. The fraction of sp³-hybridized carbons (Fsp3) is 0.792. The van der Waals surface area contributed by atoms with E-state index in [9.17, 15) is 19.8 Å². The highest BCUT2D eigenvalue weighted by molar-refractivity contribution is 6.30. The zero-order chi connectivity index (χ0) is 41.2. The number of likely N-dealkylation sites (N-methyl/N-ethyl adjacent to an activating group) is 1. The number of carboxylic acid groups (broad SMARTS) is 1. The number of aliphatic hydroxyl groups is 1. The van der Waals surface area contributed by atoms with E-state index in [1.807, 2.05) is 12.1 Å². The largest absolute Gasteiger partial charge is 0.481 e. The average molecular weight is 796 g/mol. The standard InChI is InChI=1S/C48H75ClN2O5/c1-31(2)34-18-23-48(38(52)30-51(27-26-50(10)11)29-32-12-14-33(49)15-13-32)25-24-46(8)35(41(34)48)16-17-37-45(7)21-20-39(56-40(53)28-43(3,4)42(54)55)44(5,6)36(45)19-22-47(37,46)9/h12-15,31,35-39,52H,16-30H2,1-11H3,(H,54,55)/t35-,36+,37-,38?,39+,45+,46-,47-,48?/m1/s1. The van der Waals surface area contributed by atoms with Gasteiger partial charge in [0, 0.05) is 42.0 Å². The number of carbonyl (C=O) groups is 2. The van der Waals surface area contributed by atoms with Crippen LogP contribution in [0.3, 0.4) is 0 Å². The summed E-state index contributed by atoms with van der Waals surface area (Å²) in [6.07, 6.45) is 10.1. The molecule has 4 fully saturated rings. The Bertz CT molecular complexity index is 1650. The number of halogens is 1. The van der Waals surface area contributed by atoms with E-state index in [1.165, 1.54) is 24.8 Å². The number of ether oxygens (including phenoxy) is 1. The van der Waals surface area contributed by atoms with Gasteiger partial charge in [0.2, 0.25) is 0 Å². The maximum absolute atomic E-state index is 13.2. The van der Waals surface area contributed by atoms with Crippen LogP contribution in [-0.2, 0) is 20.9 Å². The number of rotatable bonds is 13. The molecule has 9 atom stereocenters. The van der Waals surface area contributed by atoms with Crippen molar-refractivity contribution in [2.45, 2.75) is 152 Å². The van der Waals surface area contributed by atoms with E-state index >= 15 is 0 Å². The second kappa shape index (κ2) is 15.6. The first-order valence-electron chi connectivity index (χ1n) is 22.0. The summed E-state index contributed by atoms with van der Waals surface area (Å²) in [6.45, 7) is 23.8. The number of hydrogen-bond donors (Lipinski definition) is 2. The molecule has 0 amide bonds. The normalized spacial score (nSPS) is 35.9. The van der Waals surface area contributed by atoms with Crippen molar-refractivity contribution in [1.82, 2.24) is 9.80 Å². The Morgan fingerprint density at radius 3 is 2.20 bits per heavy atom. The summed E-state index contributed by atoms with van der Waals surface area (Å²) in [7, 11) is 4.25. The summed E-state index contributed by atoms with van der Waals surface area (Å²) in [5.41, 5.74) is 3.41. The average Bonchev–Trinajstić information content (AvgIpc) is 3.51. The van der Waals surface area contributed by atoms with E-state index in [0.29, 0.717) is 30.2 Å². The van der Waals surface area contributed by atoms with Crippen molar-refractivity contribution in [3.8, 4) is 0 Å². The molecule has 5 aliphatic carbocycles. The van der Waals surface area contributed by atoms with Gasteiger partial charge < -0.3 is 19.8 Å². The van der Waals surface area contributed by atoms with Crippen LogP contribution in [0, 0.1) is 56.2 Å². The molecule has 8 heteroatoms. The summed E-state index contributed by atoms with van der Waals surface area (Å²) >= 11 is 6.26. The molecule has 314 valence electrons. The van der Waals surface area contributed by atoms with Crippen molar-refractivity contribution in [2.24, 2.45) is 56.2 Å². The molecule has 56 heavy (non-hydrogen) atoms. The predicted molar refractivity (Wildman–Crippen MR) is 226 cm³/mol. The predicted octanol–water partition coefficient (Wildman–Crippen LogP) is 10.3. The highest BCUT2D eigenvalue weighted by Crippen LogP contribution is 2.77. The lowest BCUT2D eigenvalue weighted by Gasteiger charge is -2.72. The fourth-order valence-corrected chi connectivity index (χ4v) is 14.0. The number of aliphatic carboxylic acids is 1. The summed E-state index contributed by atoms with van der Waals surface area (Å²) in [5.74, 6) is 0.569. The van der Waals surface area contributed by atoms with Crippen LogP contribution in [-0.4, -0.2) is 77.9 Å². The first-order chi connectivity index (χ1) is 26.0. The van der Waals surface area contributed by atoms with Crippen LogP contribution in [0.15, 0.2) is 35.4 Å². The van der Waals surface area contributed by atoms with Gasteiger partial charge in [-0.3, -0.25) is 14.5 Å². The zero-order valence-corrected chi connectivity index (χ0v) is 37.5. The minimum absolute atomic E-state index is 0.113. The van der Waals surface area contributed by atoms with Crippen molar-refractivity contribution in [1.29, 1.82) is 0 Å². The third-order valence-corrected chi connectivity index (χ3v) is 17.6. The number of nitrogens with zero attached hydrogens (tertiary/aromatic N) is 2. The van der Waals surface area contributed by atoms with E-state index < -0.39 is 23.5 Å². The number of carboxylic acids is 1. The van der Waals surface area contributed by atoms with Crippen LogP contribution in [0.1, 0.15) is 139 Å². The lowest BCUT2D eigenvalue weighted by molar-refractivity contribution is -0.235. The minimum atomic E-state index is -1.15. The molecule has 2 unspecified atom stereocenters. The quantitative estimate of drug-likeness (QED) is 0.152. The molecule has 0 aromatic heterocycles. The van der Waals surface area contributed by atoms with Gasteiger partial charge in [0.15, 0.2) is 0 Å². The first kappa shape index (κ1) is 43.6. The summed E-state index contributed by atoms with van der Waals surface area (Å²) in [4.78, 5) is 29.7. The molecule has 0 aliphatic heterocycles. The van der Waals surface area contributed by atoms with Gasteiger partial charge in [-0.1, -0.05) is 83.3 Å². The molecule has 2 N–H and O–H groups in total. The maximum atomic E-state index is 13.2. The Hall–Kier alpha value is -1.93. The van der Waals surface area contributed by atoms with Crippen LogP contribution in [0.4, 0.5) is 0 Å². The number of carbonyl (C=O) groups excluding carboxylic acids is 1. The van der Waals surface area contributed by atoms with Crippen LogP contribution < -0.4 is 0 Å². The Morgan fingerprint density at radius 1 is 0.893 bits per heavy atom. The third-order valence-electron chi connectivity index (χ3n) is 17.4. The second-order valence-corrected chi connectivity index (χ2v) is 22.2. The molecule has 1 aromatic carbocycles. The molecular formula is C48H75ClN2O5. The molecular weight excluding hydrogens is 720 g/mol. The van der Waals surface area contributed by atoms with Crippen LogP contribution in [0.2, 0.25) is 5.02 Å². The molecule has 0 saturated heterocycles. The monoisotopic (exact) mass is 795 g/mol. The van der Waals surface area contributed by atoms with Gasteiger partial charge in [0.25, 0.3) is 0 Å². The van der Waals surface area contributed by atoms with E-state index in [0.717, 1.165) is 69.6 Å². The van der Waals surface area contributed by atoms with Gasteiger partial charge in [-0.25, -0.2) is 0 Å². The lowest BCUT2D eigenvalue weighted by Crippen LogP contribution is -2.66. The number of esters is 1. The van der Waals surface area contributed by atoms with Crippen molar-refractivity contribution in [3.05, 3.63) is 46.0 Å². The fourth-order valence-electron chi connectivity index (χ4n) is 13.9. The topological polar surface area (TPSA) is 90.3 Å². The molecule has 5 aliphatic rings. The highest BCUT2D eigenvalue weighted by atomic mass is 35.5. The van der Waals surface area contributed by atoms with E-state index in [1.54, 1.807) is 25.0 Å². The van der Waals surface area contributed by atoms with Crippen LogP contribution >= 0.6 is 11.6 Å². The second-order valence-electron chi connectivity index (χ2n) is 21.7. The SMILES string of the molecule is CC(C)C1=C2[C@H]3CC[C@@H]4[C@@]5(C)CC[C@H](OC(=O)CC(C)(C)C(=O)O)C(C)(C)[C@@H]5CC[C@@]4(C)[C@]3(C)CCC2(C(O)CN(CCN(C)C)Cc2ccc(Cl)cc2)CC1. The van der Waals surface area contributed by atoms with Gasteiger partial charge in [-0.15, -0.1) is 0 Å². The van der Waals surface area contributed by atoms with Gasteiger partial charge in [-0.05, 0) is 150 Å². The maximum Gasteiger partial charge on any atom is 0.309 e. The molecule has 0 spiro atoms. The zero-order valence-electron chi connectivity index (χ0n) is 36.8. The minimum Gasteiger partial charge on any atom is -0.481 e. The van der Waals surface area contributed by atoms with Crippen molar-refractivity contribution < 1.29 is 24.5 Å². The molecule has 4 saturated carbocycles. The third kappa shape index (κ3) is 7.44. The summed E-state index contributed by atoms with van der Waals surface area (Å²) in [5, 5.41) is 23.1. The number of aliphatic hydroxyl groups excluding tert-OH is 1. The summed E-state index contributed by atoms with van der Waals surface area (Å²) < 4.78 is 6.22. The number of hydrogen-bond acceptors (Lipinski definition) is 6. The Morgan fingerprint density at radius 2 is 1.57 bits per heavy atom. The number of allylic oxidation sites excluding steroid dienone is 1. The Kier molecular flexibility index (Phi) is 12.2. The van der Waals surface area contributed by atoms with Gasteiger partial charge >= 0.3 is 11.9 Å². The molecule has 0 bridgehead atoms. The van der Waals surface area contributed by atoms with Crippen LogP contribution in [0.5, 0.6) is 0 Å². The van der Waals surface area contributed by atoms with Gasteiger partial charge in [0.1, 0.15) is 6.10 Å². The van der Waals surface area contributed by atoms with Crippen LogP contribution in [0.25, 0.3) is 0 Å². The Labute approximate surface area is 344 Å². The molecule has 6 rings (SSSR count). The van der Waals surface area contributed by atoms with Crippen molar-refractivity contribution >= 4 is 23.5 Å². The van der Waals surface area contributed by atoms with Gasteiger partial charge in [-0.2, -0.15) is 0 Å². The molecule has 7 nitrogen and oxygen atoms in total. The van der Waals surface area contributed by atoms with E-state index in [4.69, 9.17) is 16.3 Å². The van der Waals surface area contributed by atoms with Crippen molar-refractivity contribution in [3.63, 3.8) is 0 Å². The number of fused-ring (bicyclic) bond motifs is 7. The molecule has 0 radical (unpaired) electrons.